The number of ether oxygens (including phenoxy) is 1. The number of imidazole rings is 1. The van der Waals surface area contributed by atoms with E-state index in [0.717, 1.165) is 0 Å². The van der Waals surface area contributed by atoms with Crippen LogP contribution in [0.25, 0.3) is 5.52 Å². The molecule has 0 fully saturated rings. The lowest BCUT2D eigenvalue weighted by atomic mass is 10.3. The normalized spacial score (nSPS) is 10.8. The highest BCUT2D eigenvalue weighted by molar-refractivity contribution is 6.06. The Labute approximate surface area is 151 Å². The molecule has 2 amide bonds. The van der Waals surface area contributed by atoms with Crippen LogP contribution in [0.5, 0.6) is 5.75 Å². The number of hydrogen-bond donors (Lipinski definition) is 2. The Bertz CT molecular complexity index is 945. The topological polar surface area (TPSA) is 84.7 Å². The highest BCUT2D eigenvalue weighted by Gasteiger charge is 2.21. The molecule has 7 heteroatoms. The Morgan fingerprint density at radius 1 is 1.08 bits per heavy atom. The third kappa shape index (κ3) is 3.51. The molecule has 0 bridgehead atoms. The van der Waals surface area contributed by atoms with Gasteiger partial charge in [0.15, 0.2) is 5.69 Å². The number of hydrogen-bond acceptors (Lipinski definition) is 4. The third-order valence-corrected chi connectivity index (χ3v) is 3.73. The molecule has 7 nitrogen and oxygen atoms in total. The molecule has 0 spiro atoms. The van der Waals surface area contributed by atoms with Gasteiger partial charge in [-0.3, -0.25) is 14.0 Å². The molecule has 0 aliphatic carbocycles. The van der Waals surface area contributed by atoms with Crippen molar-refractivity contribution >= 4 is 23.0 Å². The second kappa shape index (κ2) is 7.26. The Morgan fingerprint density at radius 2 is 1.81 bits per heavy atom. The summed E-state index contributed by atoms with van der Waals surface area (Å²) in [6.07, 6.45) is 1.71. The maximum Gasteiger partial charge on any atom is 0.292 e. The Hall–Kier alpha value is -3.35. The zero-order valence-corrected chi connectivity index (χ0v) is 14.8. The lowest BCUT2D eigenvalue weighted by Crippen LogP contribution is -2.30. The molecule has 2 aromatic heterocycles. The minimum absolute atomic E-state index is 0.0282. The molecule has 0 atom stereocenters. The first kappa shape index (κ1) is 17.5. The lowest BCUT2D eigenvalue weighted by molar-refractivity contribution is 0.0940. The maximum atomic E-state index is 12.7. The summed E-state index contributed by atoms with van der Waals surface area (Å²) in [6.45, 7) is 3.74. The molecule has 0 saturated heterocycles. The van der Waals surface area contributed by atoms with Crippen molar-refractivity contribution < 1.29 is 14.3 Å². The second-order valence-electron chi connectivity index (χ2n) is 6.05. The lowest BCUT2D eigenvalue weighted by Gasteiger charge is -2.06. The number of carbonyl (C=O) groups excluding carboxylic acids is 2. The van der Waals surface area contributed by atoms with Gasteiger partial charge in [0.05, 0.1) is 12.6 Å². The van der Waals surface area contributed by atoms with Crippen LogP contribution in [0.1, 0.15) is 35.0 Å². The highest BCUT2D eigenvalue weighted by atomic mass is 16.5. The minimum Gasteiger partial charge on any atom is -0.497 e. The van der Waals surface area contributed by atoms with Gasteiger partial charge < -0.3 is 15.4 Å². The first-order chi connectivity index (χ1) is 12.5. The van der Waals surface area contributed by atoms with E-state index in [-0.39, 0.29) is 23.5 Å². The van der Waals surface area contributed by atoms with Gasteiger partial charge in [0.1, 0.15) is 5.75 Å². The molecule has 0 radical (unpaired) electrons. The van der Waals surface area contributed by atoms with Crippen molar-refractivity contribution in [2.24, 2.45) is 0 Å². The van der Waals surface area contributed by atoms with Gasteiger partial charge in [-0.05, 0) is 50.2 Å². The van der Waals surface area contributed by atoms with Crippen molar-refractivity contribution in [2.45, 2.75) is 19.9 Å². The average molecular weight is 352 g/mol. The highest BCUT2D eigenvalue weighted by Crippen LogP contribution is 2.18. The quantitative estimate of drug-likeness (QED) is 0.739. The van der Waals surface area contributed by atoms with Crippen LogP contribution in [0.4, 0.5) is 5.69 Å². The van der Waals surface area contributed by atoms with E-state index in [1.165, 1.54) is 0 Å². The van der Waals surface area contributed by atoms with E-state index in [9.17, 15) is 9.59 Å². The van der Waals surface area contributed by atoms with E-state index in [2.05, 4.69) is 15.6 Å². The van der Waals surface area contributed by atoms with Crippen LogP contribution in [-0.2, 0) is 0 Å². The van der Waals surface area contributed by atoms with E-state index >= 15 is 0 Å². The Kier molecular flexibility index (Phi) is 4.88. The number of carbonyl (C=O) groups is 2. The molecular weight excluding hydrogens is 332 g/mol. The number of benzene rings is 1. The van der Waals surface area contributed by atoms with Crippen LogP contribution in [0.2, 0.25) is 0 Å². The zero-order chi connectivity index (χ0) is 18.7. The number of anilines is 1. The van der Waals surface area contributed by atoms with E-state index in [0.29, 0.717) is 17.0 Å². The summed E-state index contributed by atoms with van der Waals surface area (Å²) in [6, 6.07) is 12.3. The summed E-state index contributed by atoms with van der Waals surface area (Å²) in [4.78, 5) is 29.4. The van der Waals surface area contributed by atoms with Gasteiger partial charge in [0.2, 0.25) is 5.82 Å². The molecule has 0 unspecified atom stereocenters. The summed E-state index contributed by atoms with van der Waals surface area (Å²) < 4.78 is 6.71. The third-order valence-electron chi connectivity index (χ3n) is 3.73. The molecule has 3 aromatic rings. The molecule has 0 saturated carbocycles. The van der Waals surface area contributed by atoms with E-state index < -0.39 is 5.91 Å². The Morgan fingerprint density at radius 3 is 2.46 bits per heavy atom. The fraction of sp³-hybridized carbons (Fsp3) is 0.211. The van der Waals surface area contributed by atoms with Gasteiger partial charge in [-0.25, -0.2) is 4.98 Å². The largest absolute Gasteiger partial charge is 0.497 e. The summed E-state index contributed by atoms with van der Waals surface area (Å²) in [5, 5.41) is 5.59. The zero-order valence-electron chi connectivity index (χ0n) is 14.8. The first-order valence-electron chi connectivity index (χ1n) is 8.23. The van der Waals surface area contributed by atoms with Crippen LogP contribution in [0.15, 0.2) is 48.7 Å². The average Bonchev–Trinajstić information content (AvgIpc) is 3.02. The van der Waals surface area contributed by atoms with Crippen LogP contribution < -0.4 is 15.4 Å². The molecule has 1 aromatic carbocycles. The summed E-state index contributed by atoms with van der Waals surface area (Å²) in [7, 11) is 1.58. The van der Waals surface area contributed by atoms with Gasteiger partial charge >= 0.3 is 0 Å². The van der Waals surface area contributed by atoms with Crippen molar-refractivity contribution in [1.29, 1.82) is 0 Å². The molecule has 0 aliphatic rings. The molecule has 26 heavy (non-hydrogen) atoms. The number of rotatable bonds is 5. The van der Waals surface area contributed by atoms with Crippen molar-refractivity contribution in [3.63, 3.8) is 0 Å². The first-order valence-corrected chi connectivity index (χ1v) is 8.23. The smallest absolute Gasteiger partial charge is 0.292 e. The van der Waals surface area contributed by atoms with Crippen molar-refractivity contribution in [2.75, 3.05) is 12.4 Å². The predicted molar refractivity (Wildman–Crippen MR) is 98.7 cm³/mol. The van der Waals surface area contributed by atoms with Crippen molar-refractivity contribution in [1.82, 2.24) is 14.7 Å². The fourth-order valence-corrected chi connectivity index (χ4v) is 2.56. The fourth-order valence-electron chi connectivity index (χ4n) is 2.56. The number of amides is 2. The van der Waals surface area contributed by atoms with E-state index in [1.807, 2.05) is 13.8 Å². The number of aromatic nitrogens is 2. The van der Waals surface area contributed by atoms with E-state index in [1.54, 1.807) is 60.2 Å². The number of nitrogens with zero attached hydrogens (tertiary/aromatic N) is 2. The second-order valence-corrected chi connectivity index (χ2v) is 6.05. The van der Waals surface area contributed by atoms with Crippen molar-refractivity contribution in [3.8, 4) is 5.75 Å². The summed E-state index contributed by atoms with van der Waals surface area (Å²) in [5.41, 5.74) is 1.40. The van der Waals surface area contributed by atoms with Gasteiger partial charge in [-0.15, -0.1) is 0 Å². The number of pyridine rings is 1. The summed E-state index contributed by atoms with van der Waals surface area (Å²) in [5.74, 6) is 0.124. The van der Waals surface area contributed by atoms with Gasteiger partial charge in [-0.1, -0.05) is 6.07 Å². The minimum atomic E-state index is -0.403. The van der Waals surface area contributed by atoms with Gasteiger partial charge in [-0.2, -0.15) is 0 Å². The van der Waals surface area contributed by atoms with Crippen LogP contribution in [-0.4, -0.2) is 34.4 Å². The van der Waals surface area contributed by atoms with Crippen LogP contribution in [0, 0.1) is 0 Å². The van der Waals surface area contributed by atoms with Crippen LogP contribution in [0.3, 0.4) is 0 Å². The van der Waals surface area contributed by atoms with Crippen molar-refractivity contribution in [3.05, 3.63) is 60.2 Å². The predicted octanol–water partition coefficient (Wildman–Crippen LogP) is 2.73. The summed E-state index contributed by atoms with van der Waals surface area (Å²) >= 11 is 0. The molecule has 0 aliphatic heterocycles. The van der Waals surface area contributed by atoms with Crippen LogP contribution >= 0.6 is 0 Å². The van der Waals surface area contributed by atoms with E-state index in [4.69, 9.17) is 4.74 Å². The molecule has 134 valence electrons. The SMILES string of the molecule is COc1ccc(NC(=O)c2nc(C(=O)NC(C)C)c3ccccn23)cc1. The molecular formula is C19H20N4O3. The molecule has 2 heterocycles. The Balaban J connectivity index is 1.93. The van der Waals surface area contributed by atoms with Gasteiger partial charge in [0, 0.05) is 17.9 Å². The molecule has 2 N–H and O–H groups in total. The monoisotopic (exact) mass is 352 g/mol. The number of fused-ring (bicyclic) bond motifs is 1. The molecule has 3 rings (SSSR count). The number of nitrogens with one attached hydrogen (secondary N) is 2. The van der Waals surface area contributed by atoms with Gasteiger partial charge in [0.25, 0.3) is 11.8 Å². The maximum absolute atomic E-state index is 12.7. The standard InChI is InChI=1S/C19H20N4O3/c1-12(2)20-18(24)16-15-6-4-5-11-23(15)17(22-16)19(25)21-13-7-9-14(26-3)10-8-13/h4-12H,1-3H3,(H,20,24)(H,21,25). The number of methoxy groups -OCH3 is 1.